The molecule has 118 valence electrons. The molecule has 1 heterocycles. The maximum Gasteiger partial charge on any atom is 0.305 e. The molecule has 0 saturated heterocycles. The van der Waals surface area contributed by atoms with Crippen LogP contribution >= 0.6 is 11.3 Å². The van der Waals surface area contributed by atoms with E-state index in [1.54, 1.807) is 11.3 Å². The van der Waals surface area contributed by atoms with Crippen molar-refractivity contribution in [2.45, 2.75) is 59.8 Å². The Kier molecular flexibility index (Phi) is 7.09. The summed E-state index contributed by atoms with van der Waals surface area (Å²) in [6.07, 6.45) is 6.90. The quantitative estimate of drug-likeness (QED) is 0.634. The second-order valence-electron chi connectivity index (χ2n) is 6.38. The Labute approximate surface area is 132 Å². The molecule has 0 aliphatic heterocycles. The van der Waals surface area contributed by atoms with Gasteiger partial charge in [-0.25, -0.2) is 4.98 Å². The Hall–Kier alpha value is -1.16. The summed E-state index contributed by atoms with van der Waals surface area (Å²) in [4.78, 5) is 15.7. The van der Waals surface area contributed by atoms with Crippen LogP contribution in [0.1, 0.15) is 63.6 Å². The predicted molar refractivity (Wildman–Crippen MR) is 89.4 cm³/mol. The average molecular weight is 309 g/mol. The van der Waals surface area contributed by atoms with Crippen molar-refractivity contribution in [3.05, 3.63) is 21.7 Å². The minimum Gasteiger partial charge on any atom is -0.469 e. The molecular formula is C17H27NO2S. The van der Waals surface area contributed by atoms with Crippen molar-refractivity contribution in [2.75, 3.05) is 7.11 Å². The van der Waals surface area contributed by atoms with Gasteiger partial charge in [0.15, 0.2) is 0 Å². The number of carbonyl (C=O) groups excluding carboxylic acids is 1. The van der Waals surface area contributed by atoms with Crippen molar-refractivity contribution in [3.63, 3.8) is 0 Å². The topological polar surface area (TPSA) is 39.2 Å². The van der Waals surface area contributed by atoms with Gasteiger partial charge in [-0.05, 0) is 51.0 Å². The molecule has 0 spiro atoms. The summed E-state index contributed by atoms with van der Waals surface area (Å²) in [7, 11) is 1.45. The Bertz CT molecular complexity index is 489. The van der Waals surface area contributed by atoms with E-state index in [9.17, 15) is 4.79 Å². The van der Waals surface area contributed by atoms with Crippen molar-refractivity contribution < 1.29 is 9.53 Å². The molecule has 0 radical (unpaired) electrons. The summed E-state index contributed by atoms with van der Waals surface area (Å²) in [5, 5.41) is 3.21. The van der Waals surface area contributed by atoms with E-state index in [0.717, 1.165) is 36.4 Å². The van der Waals surface area contributed by atoms with Gasteiger partial charge in [-0.3, -0.25) is 4.79 Å². The molecule has 1 aromatic rings. The molecule has 0 aliphatic carbocycles. The number of ether oxygens (including phenoxy) is 1. The summed E-state index contributed by atoms with van der Waals surface area (Å²) in [5.74, 6) is -0.113. The maximum absolute atomic E-state index is 11.2. The third-order valence-electron chi connectivity index (χ3n) is 3.69. The van der Waals surface area contributed by atoms with Crippen LogP contribution < -0.4 is 0 Å². The number of esters is 1. The summed E-state index contributed by atoms with van der Waals surface area (Å²) in [6, 6.07) is 0. The van der Waals surface area contributed by atoms with Gasteiger partial charge in [-0.1, -0.05) is 19.4 Å². The highest BCUT2D eigenvalue weighted by molar-refractivity contribution is 7.09. The molecular weight excluding hydrogens is 282 g/mol. The number of allylic oxidation sites excluding steroid dienone is 1. The fourth-order valence-electron chi connectivity index (χ4n) is 2.28. The van der Waals surface area contributed by atoms with Gasteiger partial charge < -0.3 is 4.74 Å². The highest BCUT2D eigenvalue weighted by Gasteiger charge is 2.19. The highest BCUT2D eigenvalue weighted by Crippen LogP contribution is 2.30. The van der Waals surface area contributed by atoms with E-state index in [0.29, 0.717) is 6.42 Å². The first-order valence-electron chi connectivity index (χ1n) is 7.48. The molecule has 3 nitrogen and oxygen atoms in total. The Balaban J connectivity index is 2.34. The lowest BCUT2D eigenvalue weighted by Crippen LogP contribution is -2.14. The third kappa shape index (κ3) is 7.42. The molecule has 0 bridgehead atoms. The van der Waals surface area contributed by atoms with Gasteiger partial charge in [-0.2, -0.15) is 0 Å². The Morgan fingerprint density at radius 2 is 2.10 bits per heavy atom. The van der Waals surface area contributed by atoms with Crippen LogP contribution in [0.4, 0.5) is 0 Å². The van der Waals surface area contributed by atoms with Gasteiger partial charge in [-0.15, -0.1) is 11.3 Å². The van der Waals surface area contributed by atoms with E-state index in [1.807, 2.05) is 6.92 Å². The average Bonchev–Trinajstić information content (AvgIpc) is 2.81. The SMILES string of the molecule is COC(=O)CCC(C)(C)CCC/C(C)=C/c1csc(C)n1. The van der Waals surface area contributed by atoms with Crippen LogP contribution in [0.15, 0.2) is 11.0 Å². The maximum atomic E-state index is 11.2. The van der Waals surface area contributed by atoms with E-state index in [4.69, 9.17) is 4.74 Å². The minimum atomic E-state index is -0.113. The van der Waals surface area contributed by atoms with Crippen LogP contribution in [-0.2, 0) is 9.53 Å². The molecule has 0 saturated carbocycles. The monoisotopic (exact) mass is 309 g/mol. The van der Waals surface area contributed by atoms with Crippen LogP contribution in [0.3, 0.4) is 0 Å². The predicted octanol–water partition coefficient (Wildman–Crippen LogP) is 5.00. The van der Waals surface area contributed by atoms with Crippen LogP contribution in [0.25, 0.3) is 6.08 Å². The van der Waals surface area contributed by atoms with E-state index in [1.165, 1.54) is 12.7 Å². The molecule has 0 aromatic carbocycles. The lowest BCUT2D eigenvalue weighted by Gasteiger charge is -2.24. The molecule has 0 aliphatic rings. The fraction of sp³-hybridized carbons (Fsp3) is 0.647. The standard InChI is InChI=1S/C17H27NO2S/c1-13(11-15-12-21-14(2)18-15)7-6-9-17(3,4)10-8-16(19)20-5/h11-12H,6-10H2,1-5H3/b13-11+. The lowest BCUT2D eigenvalue weighted by atomic mass is 9.82. The summed E-state index contributed by atoms with van der Waals surface area (Å²) in [5.41, 5.74) is 2.62. The summed E-state index contributed by atoms with van der Waals surface area (Å²) < 4.78 is 4.70. The third-order valence-corrected chi connectivity index (χ3v) is 4.48. The van der Waals surface area contributed by atoms with Crippen LogP contribution in [0.2, 0.25) is 0 Å². The lowest BCUT2D eigenvalue weighted by molar-refractivity contribution is -0.141. The number of rotatable bonds is 8. The van der Waals surface area contributed by atoms with Crippen molar-refractivity contribution in [1.82, 2.24) is 4.98 Å². The van der Waals surface area contributed by atoms with Crippen LogP contribution in [0, 0.1) is 12.3 Å². The molecule has 0 atom stereocenters. The highest BCUT2D eigenvalue weighted by atomic mass is 32.1. The van der Waals surface area contributed by atoms with Gasteiger partial charge in [0.1, 0.15) is 0 Å². The van der Waals surface area contributed by atoms with Gasteiger partial charge in [0, 0.05) is 11.8 Å². The van der Waals surface area contributed by atoms with Crippen LogP contribution in [-0.4, -0.2) is 18.1 Å². The van der Waals surface area contributed by atoms with Gasteiger partial charge >= 0.3 is 5.97 Å². The fourth-order valence-corrected chi connectivity index (χ4v) is 2.85. The zero-order valence-corrected chi connectivity index (χ0v) is 14.7. The number of methoxy groups -OCH3 is 1. The largest absolute Gasteiger partial charge is 0.469 e. The molecule has 4 heteroatoms. The molecule has 0 amide bonds. The normalized spacial score (nSPS) is 12.5. The smallest absolute Gasteiger partial charge is 0.305 e. The first-order chi connectivity index (χ1) is 9.82. The van der Waals surface area contributed by atoms with Crippen molar-refractivity contribution in [2.24, 2.45) is 5.41 Å². The van der Waals surface area contributed by atoms with Gasteiger partial charge in [0.2, 0.25) is 0 Å². The van der Waals surface area contributed by atoms with E-state index in [2.05, 4.69) is 37.2 Å². The number of hydrogen-bond donors (Lipinski definition) is 0. The number of carbonyl (C=O) groups is 1. The van der Waals surface area contributed by atoms with E-state index < -0.39 is 0 Å². The number of hydrogen-bond acceptors (Lipinski definition) is 4. The van der Waals surface area contributed by atoms with Gasteiger partial charge in [0.25, 0.3) is 0 Å². The number of thiazole rings is 1. The van der Waals surface area contributed by atoms with Crippen LogP contribution in [0.5, 0.6) is 0 Å². The second-order valence-corrected chi connectivity index (χ2v) is 7.44. The van der Waals surface area contributed by atoms with Gasteiger partial charge in [0.05, 0.1) is 17.8 Å². The number of aromatic nitrogens is 1. The van der Waals surface area contributed by atoms with Crippen molar-refractivity contribution >= 4 is 23.4 Å². The molecule has 0 unspecified atom stereocenters. The van der Waals surface area contributed by atoms with Crippen molar-refractivity contribution in [3.8, 4) is 0 Å². The van der Waals surface area contributed by atoms with E-state index >= 15 is 0 Å². The molecule has 21 heavy (non-hydrogen) atoms. The zero-order valence-electron chi connectivity index (χ0n) is 13.9. The van der Waals surface area contributed by atoms with Crippen molar-refractivity contribution in [1.29, 1.82) is 0 Å². The Morgan fingerprint density at radius 3 is 2.67 bits per heavy atom. The second kappa shape index (κ2) is 8.32. The Morgan fingerprint density at radius 1 is 1.38 bits per heavy atom. The number of nitrogens with zero attached hydrogens (tertiary/aromatic N) is 1. The summed E-state index contributed by atoms with van der Waals surface area (Å²) in [6.45, 7) is 8.63. The molecule has 0 fully saturated rings. The summed E-state index contributed by atoms with van der Waals surface area (Å²) >= 11 is 1.69. The minimum absolute atomic E-state index is 0.113. The first kappa shape index (κ1) is 17.9. The molecule has 0 N–H and O–H groups in total. The zero-order chi connectivity index (χ0) is 15.9. The number of aryl methyl sites for hydroxylation is 1. The molecule has 1 rings (SSSR count). The first-order valence-corrected chi connectivity index (χ1v) is 8.36. The van der Waals surface area contributed by atoms with E-state index in [-0.39, 0.29) is 11.4 Å². The molecule has 1 aromatic heterocycles.